The van der Waals surface area contributed by atoms with E-state index < -0.39 is 6.10 Å². The van der Waals surface area contributed by atoms with Crippen LogP contribution in [0.5, 0.6) is 11.5 Å². The van der Waals surface area contributed by atoms with Crippen LogP contribution in [0.25, 0.3) is 0 Å². The van der Waals surface area contributed by atoms with E-state index in [0.29, 0.717) is 18.8 Å². The Morgan fingerprint density at radius 2 is 2.00 bits per heavy atom. The van der Waals surface area contributed by atoms with Gasteiger partial charge in [-0.3, -0.25) is 0 Å². The molecular formula is C14H20O4. The Morgan fingerprint density at radius 1 is 1.28 bits per heavy atom. The van der Waals surface area contributed by atoms with Crippen molar-refractivity contribution in [3.63, 3.8) is 0 Å². The summed E-state index contributed by atoms with van der Waals surface area (Å²) in [6, 6.07) is 7.59. The van der Waals surface area contributed by atoms with E-state index in [1.54, 1.807) is 7.11 Å². The Hall–Kier alpha value is -1.26. The van der Waals surface area contributed by atoms with Gasteiger partial charge in [-0.25, -0.2) is 0 Å². The van der Waals surface area contributed by atoms with Gasteiger partial charge in [0.25, 0.3) is 0 Å². The summed E-state index contributed by atoms with van der Waals surface area (Å²) in [4.78, 5) is 0. The third-order valence-electron chi connectivity index (χ3n) is 3.08. The Bertz CT molecular complexity index is 380. The highest BCUT2D eigenvalue weighted by Crippen LogP contribution is 2.33. The standard InChI is InChI=1S/C14H20O4/c1-3-8-17-11-6-4-5-7-12(11)18-13-9-10(15)14(13)16-2/h4-7,10,13-15H,3,8-9H2,1-2H3. The van der Waals surface area contributed by atoms with Gasteiger partial charge < -0.3 is 19.3 Å². The molecule has 1 aromatic rings. The zero-order chi connectivity index (χ0) is 13.0. The molecule has 1 fully saturated rings. The number of benzene rings is 1. The Balaban J connectivity index is 2.00. The maximum Gasteiger partial charge on any atom is 0.161 e. The van der Waals surface area contributed by atoms with Gasteiger partial charge in [0, 0.05) is 13.5 Å². The van der Waals surface area contributed by atoms with E-state index in [2.05, 4.69) is 6.92 Å². The molecule has 100 valence electrons. The molecule has 1 N–H and O–H groups in total. The second-order valence-electron chi connectivity index (χ2n) is 4.45. The largest absolute Gasteiger partial charge is 0.490 e. The predicted molar refractivity (Wildman–Crippen MR) is 68.1 cm³/mol. The van der Waals surface area contributed by atoms with Crippen LogP contribution in [-0.4, -0.2) is 37.1 Å². The molecule has 0 amide bonds. The van der Waals surface area contributed by atoms with Crippen LogP contribution in [0.4, 0.5) is 0 Å². The third-order valence-corrected chi connectivity index (χ3v) is 3.08. The molecule has 0 radical (unpaired) electrons. The van der Waals surface area contributed by atoms with Gasteiger partial charge in [0.15, 0.2) is 11.5 Å². The van der Waals surface area contributed by atoms with Gasteiger partial charge >= 0.3 is 0 Å². The van der Waals surface area contributed by atoms with E-state index in [1.807, 2.05) is 24.3 Å². The summed E-state index contributed by atoms with van der Waals surface area (Å²) < 4.78 is 16.7. The van der Waals surface area contributed by atoms with Gasteiger partial charge in [0.1, 0.15) is 12.2 Å². The number of methoxy groups -OCH3 is 1. The molecular weight excluding hydrogens is 232 g/mol. The zero-order valence-corrected chi connectivity index (χ0v) is 10.8. The minimum atomic E-state index is -0.427. The molecule has 2 rings (SSSR count). The molecule has 0 aliphatic heterocycles. The van der Waals surface area contributed by atoms with Crippen molar-refractivity contribution in [3.8, 4) is 11.5 Å². The number of ether oxygens (including phenoxy) is 3. The lowest BCUT2D eigenvalue weighted by molar-refractivity contribution is -0.149. The van der Waals surface area contributed by atoms with Gasteiger partial charge in [0.2, 0.25) is 0 Å². The molecule has 4 nitrogen and oxygen atoms in total. The fourth-order valence-corrected chi connectivity index (χ4v) is 2.02. The molecule has 1 aromatic carbocycles. The van der Waals surface area contributed by atoms with Crippen LogP contribution in [0.2, 0.25) is 0 Å². The van der Waals surface area contributed by atoms with Crippen molar-refractivity contribution in [1.29, 1.82) is 0 Å². The minimum Gasteiger partial charge on any atom is -0.490 e. The SMILES string of the molecule is CCCOc1ccccc1OC1CC(O)C1OC. The summed E-state index contributed by atoms with van der Waals surface area (Å²) in [5.41, 5.74) is 0. The van der Waals surface area contributed by atoms with Crippen LogP contribution in [-0.2, 0) is 4.74 Å². The van der Waals surface area contributed by atoms with E-state index in [4.69, 9.17) is 14.2 Å². The first-order valence-corrected chi connectivity index (χ1v) is 6.35. The quantitative estimate of drug-likeness (QED) is 0.841. The van der Waals surface area contributed by atoms with E-state index in [0.717, 1.165) is 12.2 Å². The van der Waals surface area contributed by atoms with Crippen molar-refractivity contribution in [2.45, 2.75) is 38.1 Å². The molecule has 3 atom stereocenters. The van der Waals surface area contributed by atoms with E-state index in [9.17, 15) is 5.11 Å². The monoisotopic (exact) mass is 252 g/mol. The number of aliphatic hydroxyl groups is 1. The number of para-hydroxylation sites is 2. The molecule has 1 aliphatic carbocycles. The average molecular weight is 252 g/mol. The number of aliphatic hydroxyl groups excluding tert-OH is 1. The second-order valence-corrected chi connectivity index (χ2v) is 4.45. The fraction of sp³-hybridized carbons (Fsp3) is 0.571. The highest BCUT2D eigenvalue weighted by Gasteiger charge is 2.42. The molecule has 0 heterocycles. The molecule has 0 spiro atoms. The first-order chi connectivity index (χ1) is 8.76. The first kappa shape index (κ1) is 13.2. The lowest BCUT2D eigenvalue weighted by atomic mass is 9.88. The van der Waals surface area contributed by atoms with Gasteiger partial charge in [-0.05, 0) is 18.6 Å². The zero-order valence-electron chi connectivity index (χ0n) is 10.8. The molecule has 4 heteroatoms. The van der Waals surface area contributed by atoms with Crippen molar-refractivity contribution in [1.82, 2.24) is 0 Å². The van der Waals surface area contributed by atoms with Crippen LogP contribution in [0, 0.1) is 0 Å². The van der Waals surface area contributed by atoms with Crippen LogP contribution in [0.1, 0.15) is 19.8 Å². The van der Waals surface area contributed by atoms with Crippen molar-refractivity contribution in [2.24, 2.45) is 0 Å². The summed E-state index contributed by atoms with van der Waals surface area (Å²) in [6.45, 7) is 2.73. The van der Waals surface area contributed by atoms with Crippen LogP contribution in [0.15, 0.2) is 24.3 Å². The van der Waals surface area contributed by atoms with Crippen molar-refractivity contribution in [2.75, 3.05) is 13.7 Å². The molecule has 0 bridgehead atoms. The summed E-state index contributed by atoms with van der Waals surface area (Å²) in [5, 5.41) is 9.53. The summed E-state index contributed by atoms with van der Waals surface area (Å²) in [6.07, 6.45) is 0.780. The van der Waals surface area contributed by atoms with Crippen molar-refractivity contribution in [3.05, 3.63) is 24.3 Å². The fourth-order valence-electron chi connectivity index (χ4n) is 2.02. The number of rotatable bonds is 6. The van der Waals surface area contributed by atoms with E-state index >= 15 is 0 Å². The molecule has 3 unspecified atom stereocenters. The first-order valence-electron chi connectivity index (χ1n) is 6.35. The lowest BCUT2D eigenvalue weighted by Crippen LogP contribution is -2.54. The smallest absolute Gasteiger partial charge is 0.161 e. The molecule has 1 saturated carbocycles. The summed E-state index contributed by atoms with van der Waals surface area (Å²) >= 11 is 0. The van der Waals surface area contributed by atoms with Gasteiger partial charge in [-0.15, -0.1) is 0 Å². The summed E-state index contributed by atoms with van der Waals surface area (Å²) in [7, 11) is 1.59. The Labute approximate surface area is 107 Å². The Kier molecular flexibility index (Phi) is 4.44. The maximum atomic E-state index is 9.53. The third kappa shape index (κ3) is 2.76. The van der Waals surface area contributed by atoms with Crippen molar-refractivity contribution < 1.29 is 19.3 Å². The topological polar surface area (TPSA) is 47.9 Å². The van der Waals surface area contributed by atoms with Crippen LogP contribution >= 0.6 is 0 Å². The summed E-state index contributed by atoms with van der Waals surface area (Å²) in [5.74, 6) is 1.46. The van der Waals surface area contributed by atoms with Crippen molar-refractivity contribution >= 4 is 0 Å². The van der Waals surface area contributed by atoms with E-state index in [1.165, 1.54) is 0 Å². The van der Waals surface area contributed by atoms with Gasteiger partial charge in [-0.1, -0.05) is 19.1 Å². The number of hydrogen-bond donors (Lipinski definition) is 1. The minimum absolute atomic E-state index is 0.101. The Morgan fingerprint density at radius 3 is 2.61 bits per heavy atom. The average Bonchev–Trinajstić information content (AvgIpc) is 2.37. The highest BCUT2D eigenvalue weighted by atomic mass is 16.6. The lowest BCUT2D eigenvalue weighted by Gasteiger charge is -2.40. The molecule has 18 heavy (non-hydrogen) atoms. The molecule has 0 aromatic heterocycles. The maximum absolute atomic E-state index is 9.53. The second kappa shape index (κ2) is 6.07. The molecule has 1 aliphatic rings. The van der Waals surface area contributed by atoms with Gasteiger partial charge in [-0.2, -0.15) is 0 Å². The normalized spacial score (nSPS) is 26.5. The van der Waals surface area contributed by atoms with Crippen LogP contribution in [0.3, 0.4) is 0 Å². The van der Waals surface area contributed by atoms with E-state index in [-0.39, 0.29) is 12.2 Å². The predicted octanol–water partition coefficient (Wildman–Crippen LogP) is 2.00. The highest BCUT2D eigenvalue weighted by molar-refractivity contribution is 5.39. The van der Waals surface area contributed by atoms with Crippen LogP contribution < -0.4 is 9.47 Å². The van der Waals surface area contributed by atoms with Gasteiger partial charge in [0.05, 0.1) is 12.7 Å². The number of hydrogen-bond acceptors (Lipinski definition) is 4. The molecule has 0 saturated heterocycles.